The van der Waals surface area contributed by atoms with Gasteiger partial charge >= 0.3 is 0 Å². The molecule has 1 amide bonds. The van der Waals surface area contributed by atoms with Crippen molar-refractivity contribution in [1.82, 2.24) is 0 Å². The number of ether oxygens (including phenoxy) is 1. The lowest BCUT2D eigenvalue weighted by atomic mass is 10.2. The van der Waals surface area contributed by atoms with E-state index < -0.39 is 5.91 Å². The number of carbonyl (C=O) groups excluding carboxylic acids is 1. The number of thiophene rings is 1. The first kappa shape index (κ1) is 12.1. The normalized spacial score (nSPS) is 10.2. The number of carbonyl (C=O) groups is 1. The minimum Gasteiger partial charge on any atom is -0.488 e. The Morgan fingerprint density at radius 3 is 2.59 bits per heavy atom. The molecular weight excluding hydrogens is 302 g/mol. The molecule has 0 bridgehead atoms. The van der Waals surface area contributed by atoms with Gasteiger partial charge < -0.3 is 10.5 Å². The van der Waals surface area contributed by atoms with E-state index in [9.17, 15) is 4.79 Å². The first-order valence-electron chi connectivity index (χ1n) is 4.91. The van der Waals surface area contributed by atoms with Gasteiger partial charge in [-0.15, -0.1) is 11.3 Å². The Morgan fingerprint density at radius 2 is 2.06 bits per heavy atom. The summed E-state index contributed by atoms with van der Waals surface area (Å²) in [6, 6.07) is 8.80. The Bertz CT molecular complexity index is 522. The molecule has 0 aliphatic rings. The number of amides is 1. The van der Waals surface area contributed by atoms with Crippen LogP contribution in [0.15, 0.2) is 40.2 Å². The van der Waals surface area contributed by atoms with Crippen LogP contribution in [0.5, 0.6) is 5.75 Å². The van der Waals surface area contributed by atoms with Gasteiger partial charge in [0.2, 0.25) is 5.91 Å². The number of benzene rings is 1. The highest BCUT2D eigenvalue weighted by Crippen LogP contribution is 2.21. The van der Waals surface area contributed by atoms with E-state index >= 15 is 0 Å². The molecule has 0 aliphatic carbocycles. The monoisotopic (exact) mass is 311 g/mol. The fraction of sp³-hybridized carbons (Fsp3) is 0.0833. The zero-order valence-electron chi connectivity index (χ0n) is 8.85. The van der Waals surface area contributed by atoms with Crippen LogP contribution in [-0.4, -0.2) is 5.91 Å². The van der Waals surface area contributed by atoms with Crippen LogP contribution in [0, 0.1) is 0 Å². The maximum Gasteiger partial charge on any atom is 0.248 e. The van der Waals surface area contributed by atoms with E-state index in [0.717, 1.165) is 15.1 Å². The lowest BCUT2D eigenvalue weighted by Gasteiger charge is -2.04. The predicted molar refractivity (Wildman–Crippen MR) is 71.3 cm³/mol. The van der Waals surface area contributed by atoms with Crippen molar-refractivity contribution < 1.29 is 9.53 Å². The molecule has 0 atom stereocenters. The molecule has 0 radical (unpaired) electrons. The zero-order chi connectivity index (χ0) is 12.3. The van der Waals surface area contributed by atoms with Crippen LogP contribution in [0.3, 0.4) is 0 Å². The molecule has 2 rings (SSSR count). The fourth-order valence-corrected chi connectivity index (χ4v) is 2.66. The Balaban J connectivity index is 1.97. The molecule has 3 nitrogen and oxygen atoms in total. The number of hydrogen-bond acceptors (Lipinski definition) is 3. The summed E-state index contributed by atoms with van der Waals surface area (Å²) in [5.74, 6) is 0.290. The summed E-state index contributed by atoms with van der Waals surface area (Å²) >= 11 is 5.02. The average molecular weight is 312 g/mol. The Hall–Kier alpha value is -1.33. The molecule has 0 unspecified atom stereocenters. The van der Waals surface area contributed by atoms with Gasteiger partial charge in [-0.1, -0.05) is 0 Å². The Labute approximate surface area is 111 Å². The molecule has 0 spiro atoms. The smallest absolute Gasteiger partial charge is 0.248 e. The van der Waals surface area contributed by atoms with Crippen LogP contribution >= 0.6 is 27.3 Å². The van der Waals surface area contributed by atoms with Gasteiger partial charge in [-0.2, -0.15) is 0 Å². The second kappa shape index (κ2) is 5.33. The second-order valence-corrected chi connectivity index (χ2v) is 5.32. The van der Waals surface area contributed by atoms with E-state index in [-0.39, 0.29) is 0 Å². The van der Waals surface area contributed by atoms with Gasteiger partial charge in [0.05, 0.1) is 0 Å². The van der Waals surface area contributed by atoms with Gasteiger partial charge in [0.15, 0.2) is 0 Å². The molecule has 1 aromatic heterocycles. The number of hydrogen-bond donors (Lipinski definition) is 1. The fourth-order valence-electron chi connectivity index (χ4n) is 1.30. The van der Waals surface area contributed by atoms with Crippen molar-refractivity contribution >= 4 is 33.2 Å². The van der Waals surface area contributed by atoms with Gasteiger partial charge in [-0.25, -0.2) is 0 Å². The third kappa shape index (κ3) is 3.31. The van der Waals surface area contributed by atoms with E-state index in [1.165, 1.54) is 0 Å². The summed E-state index contributed by atoms with van der Waals surface area (Å²) in [7, 11) is 0. The summed E-state index contributed by atoms with van der Waals surface area (Å²) in [5, 5.41) is 2.01. The van der Waals surface area contributed by atoms with Crippen molar-refractivity contribution in [2.45, 2.75) is 6.61 Å². The van der Waals surface area contributed by atoms with E-state index in [0.29, 0.717) is 12.2 Å². The first-order chi connectivity index (χ1) is 8.15. The topological polar surface area (TPSA) is 52.3 Å². The maximum absolute atomic E-state index is 10.9. The van der Waals surface area contributed by atoms with E-state index in [1.54, 1.807) is 35.6 Å². The largest absolute Gasteiger partial charge is 0.488 e. The summed E-state index contributed by atoms with van der Waals surface area (Å²) in [4.78, 5) is 12.0. The number of rotatable bonds is 4. The van der Waals surface area contributed by atoms with E-state index in [1.807, 2.05) is 11.4 Å². The second-order valence-electron chi connectivity index (χ2n) is 3.41. The van der Waals surface area contributed by atoms with Crippen LogP contribution in [-0.2, 0) is 6.61 Å². The Kier molecular flexibility index (Phi) is 3.81. The molecule has 1 heterocycles. The van der Waals surface area contributed by atoms with Crippen LogP contribution in [0.1, 0.15) is 15.2 Å². The summed E-state index contributed by atoms with van der Waals surface area (Å²) in [6.07, 6.45) is 0. The maximum atomic E-state index is 10.9. The molecule has 0 aliphatic heterocycles. The van der Waals surface area contributed by atoms with Crippen LogP contribution < -0.4 is 10.5 Å². The molecule has 2 aromatic rings. The average Bonchev–Trinajstić information content (AvgIpc) is 2.73. The van der Waals surface area contributed by atoms with Crippen LogP contribution in [0.2, 0.25) is 0 Å². The molecule has 88 valence electrons. The van der Waals surface area contributed by atoms with Crippen molar-refractivity contribution in [2.24, 2.45) is 5.73 Å². The van der Waals surface area contributed by atoms with Gasteiger partial charge in [0.1, 0.15) is 12.4 Å². The minimum absolute atomic E-state index is 0.432. The lowest BCUT2D eigenvalue weighted by Crippen LogP contribution is -2.10. The molecule has 5 heteroatoms. The number of primary amides is 1. The van der Waals surface area contributed by atoms with Crippen molar-refractivity contribution in [3.63, 3.8) is 0 Å². The molecule has 2 N–H and O–H groups in total. The molecule has 0 saturated heterocycles. The number of nitrogens with two attached hydrogens (primary N) is 1. The van der Waals surface area contributed by atoms with Crippen LogP contribution in [0.25, 0.3) is 0 Å². The Morgan fingerprint density at radius 1 is 1.35 bits per heavy atom. The predicted octanol–water partition coefficient (Wildman–Crippen LogP) is 3.19. The quantitative estimate of drug-likeness (QED) is 0.942. The summed E-state index contributed by atoms with van der Waals surface area (Å²) < 4.78 is 6.64. The van der Waals surface area contributed by atoms with E-state index in [4.69, 9.17) is 10.5 Å². The molecule has 0 saturated carbocycles. The lowest BCUT2D eigenvalue weighted by molar-refractivity contribution is 0.100. The molecule has 17 heavy (non-hydrogen) atoms. The zero-order valence-corrected chi connectivity index (χ0v) is 11.3. The molecular formula is C12H10BrNO2S. The highest BCUT2D eigenvalue weighted by Gasteiger charge is 2.02. The molecule has 0 fully saturated rings. The van der Waals surface area contributed by atoms with Crippen molar-refractivity contribution in [3.05, 3.63) is 50.6 Å². The summed E-state index contributed by atoms with van der Waals surface area (Å²) in [5.41, 5.74) is 5.63. The van der Waals surface area contributed by atoms with Gasteiger partial charge in [0, 0.05) is 20.3 Å². The van der Waals surface area contributed by atoms with Crippen molar-refractivity contribution in [3.8, 4) is 5.75 Å². The molecule has 1 aromatic carbocycles. The minimum atomic E-state index is -0.432. The summed E-state index contributed by atoms with van der Waals surface area (Å²) in [6.45, 7) is 0.520. The van der Waals surface area contributed by atoms with Crippen molar-refractivity contribution in [1.29, 1.82) is 0 Å². The standard InChI is InChI=1S/C12H10BrNO2S/c13-9-5-11(17-7-9)6-16-10-3-1-8(2-4-10)12(14)15/h1-5,7H,6H2,(H2,14,15). The highest BCUT2D eigenvalue weighted by atomic mass is 79.9. The third-order valence-electron chi connectivity index (χ3n) is 2.14. The van der Waals surface area contributed by atoms with Gasteiger partial charge in [-0.3, -0.25) is 4.79 Å². The first-order valence-corrected chi connectivity index (χ1v) is 6.58. The number of halogens is 1. The highest BCUT2D eigenvalue weighted by molar-refractivity contribution is 9.10. The van der Waals surface area contributed by atoms with E-state index in [2.05, 4.69) is 15.9 Å². The van der Waals surface area contributed by atoms with Crippen LogP contribution in [0.4, 0.5) is 0 Å². The van der Waals surface area contributed by atoms with Gasteiger partial charge in [-0.05, 0) is 46.3 Å². The SMILES string of the molecule is NC(=O)c1ccc(OCc2cc(Br)cs2)cc1. The third-order valence-corrected chi connectivity index (χ3v) is 3.81. The van der Waals surface area contributed by atoms with Crippen molar-refractivity contribution in [2.75, 3.05) is 0 Å². The van der Waals surface area contributed by atoms with Gasteiger partial charge in [0.25, 0.3) is 0 Å².